The fourth-order valence-electron chi connectivity index (χ4n) is 3.47. The van der Waals surface area contributed by atoms with E-state index in [-0.39, 0.29) is 5.54 Å². The van der Waals surface area contributed by atoms with Gasteiger partial charge in [0.2, 0.25) is 0 Å². The highest BCUT2D eigenvalue weighted by molar-refractivity contribution is 5.37. The van der Waals surface area contributed by atoms with Crippen LogP contribution >= 0.6 is 0 Å². The zero-order chi connectivity index (χ0) is 14.0. The molecular formula is C17H22N2O. The predicted octanol–water partition coefficient (Wildman–Crippen LogP) is 2.90. The number of fused-ring (bicyclic) bond motifs is 1. The van der Waals surface area contributed by atoms with Crippen molar-refractivity contribution in [2.24, 2.45) is 5.73 Å². The Kier molecular flexibility index (Phi) is 3.64. The molecule has 0 amide bonds. The smallest absolute Gasteiger partial charge is 0.0947 e. The Balaban J connectivity index is 1.95. The molecule has 2 N–H and O–H groups in total. The summed E-state index contributed by atoms with van der Waals surface area (Å²) in [6, 6.07) is 10.8. The van der Waals surface area contributed by atoms with Crippen molar-refractivity contribution in [2.45, 2.75) is 31.3 Å². The molecule has 1 atom stereocenters. The van der Waals surface area contributed by atoms with E-state index in [9.17, 15) is 0 Å². The highest BCUT2D eigenvalue weighted by atomic mass is 16.3. The molecule has 2 aromatic rings. The summed E-state index contributed by atoms with van der Waals surface area (Å²) < 4.78 is 5.18. The van der Waals surface area contributed by atoms with Crippen LogP contribution < -0.4 is 5.73 Å². The molecule has 3 rings (SSSR count). The summed E-state index contributed by atoms with van der Waals surface area (Å²) in [5.74, 6) is 0. The Bertz CT molecular complexity index is 564. The number of hydrogen-bond donors (Lipinski definition) is 1. The summed E-state index contributed by atoms with van der Waals surface area (Å²) in [4.78, 5) is 2.38. The van der Waals surface area contributed by atoms with Gasteiger partial charge in [-0.2, -0.15) is 0 Å². The van der Waals surface area contributed by atoms with E-state index < -0.39 is 0 Å². The molecule has 1 unspecified atom stereocenters. The Morgan fingerprint density at radius 1 is 1.30 bits per heavy atom. The van der Waals surface area contributed by atoms with Gasteiger partial charge < -0.3 is 10.2 Å². The van der Waals surface area contributed by atoms with E-state index in [4.69, 9.17) is 10.2 Å². The van der Waals surface area contributed by atoms with Gasteiger partial charge in [-0.3, -0.25) is 4.90 Å². The zero-order valence-electron chi connectivity index (χ0n) is 12.0. The van der Waals surface area contributed by atoms with Crippen molar-refractivity contribution in [3.63, 3.8) is 0 Å². The van der Waals surface area contributed by atoms with Crippen molar-refractivity contribution < 1.29 is 4.42 Å². The lowest BCUT2D eigenvalue weighted by Crippen LogP contribution is -2.50. The van der Waals surface area contributed by atoms with Gasteiger partial charge in [0.1, 0.15) is 0 Å². The maximum absolute atomic E-state index is 6.22. The fourth-order valence-corrected chi connectivity index (χ4v) is 3.47. The molecule has 3 nitrogen and oxygen atoms in total. The number of nitrogens with zero attached hydrogens (tertiary/aromatic N) is 1. The van der Waals surface area contributed by atoms with Crippen LogP contribution in [0.5, 0.6) is 0 Å². The molecule has 0 radical (unpaired) electrons. The van der Waals surface area contributed by atoms with E-state index >= 15 is 0 Å². The van der Waals surface area contributed by atoms with Crippen LogP contribution in [0.3, 0.4) is 0 Å². The van der Waals surface area contributed by atoms with Gasteiger partial charge in [-0.15, -0.1) is 0 Å². The molecule has 0 fully saturated rings. The van der Waals surface area contributed by atoms with Crippen LogP contribution in [0, 0.1) is 0 Å². The zero-order valence-corrected chi connectivity index (χ0v) is 12.0. The third kappa shape index (κ3) is 2.17. The number of hydrogen-bond acceptors (Lipinski definition) is 3. The van der Waals surface area contributed by atoms with E-state index in [1.165, 1.54) is 23.1 Å². The Morgan fingerprint density at radius 3 is 2.90 bits per heavy atom. The topological polar surface area (TPSA) is 42.4 Å². The van der Waals surface area contributed by atoms with Crippen LogP contribution in [0.2, 0.25) is 0 Å². The van der Waals surface area contributed by atoms with Gasteiger partial charge in [-0.05, 0) is 43.5 Å². The van der Waals surface area contributed by atoms with Gasteiger partial charge in [0, 0.05) is 18.7 Å². The maximum Gasteiger partial charge on any atom is 0.0947 e. The highest BCUT2D eigenvalue weighted by Gasteiger charge is 2.38. The quantitative estimate of drug-likeness (QED) is 0.929. The lowest BCUT2D eigenvalue weighted by Gasteiger charge is -2.45. The first-order chi connectivity index (χ1) is 9.76. The van der Waals surface area contributed by atoms with E-state index in [1.807, 2.05) is 12.3 Å². The summed E-state index contributed by atoms with van der Waals surface area (Å²) in [6.45, 7) is 1.51. The van der Waals surface area contributed by atoms with Gasteiger partial charge in [-0.25, -0.2) is 0 Å². The number of aryl methyl sites for hydroxylation is 1. The molecule has 20 heavy (non-hydrogen) atoms. The normalized spacial score (nSPS) is 21.9. The van der Waals surface area contributed by atoms with Crippen molar-refractivity contribution in [3.05, 3.63) is 59.5 Å². The number of nitrogens with two attached hydrogens (primary N) is 1. The van der Waals surface area contributed by atoms with Crippen LogP contribution in [-0.4, -0.2) is 18.5 Å². The average Bonchev–Trinajstić information content (AvgIpc) is 2.99. The van der Waals surface area contributed by atoms with E-state index in [0.29, 0.717) is 6.54 Å². The van der Waals surface area contributed by atoms with Gasteiger partial charge in [0.05, 0.1) is 18.1 Å². The molecule has 1 heterocycles. The predicted molar refractivity (Wildman–Crippen MR) is 80.3 cm³/mol. The molecule has 0 saturated carbocycles. The third-order valence-electron chi connectivity index (χ3n) is 4.62. The van der Waals surface area contributed by atoms with Gasteiger partial charge in [0.25, 0.3) is 0 Å². The molecule has 1 aliphatic carbocycles. The average molecular weight is 270 g/mol. The van der Waals surface area contributed by atoms with Crippen LogP contribution in [0.1, 0.15) is 29.5 Å². The lowest BCUT2D eigenvalue weighted by molar-refractivity contribution is 0.0957. The van der Waals surface area contributed by atoms with Crippen molar-refractivity contribution in [3.8, 4) is 0 Å². The minimum atomic E-state index is -0.0495. The van der Waals surface area contributed by atoms with Gasteiger partial charge >= 0.3 is 0 Å². The molecule has 0 saturated heterocycles. The second-order valence-electron chi connectivity index (χ2n) is 5.73. The van der Waals surface area contributed by atoms with E-state index in [0.717, 1.165) is 19.4 Å². The molecule has 0 spiro atoms. The largest absolute Gasteiger partial charge is 0.472 e. The van der Waals surface area contributed by atoms with Crippen LogP contribution in [0.25, 0.3) is 0 Å². The standard InChI is InChI=1S/C17H22N2O/c1-19(11-14-8-10-20-12-14)17(13-18)9-4-6-15-5-2-3-7-16(15)17/h2-3,5,7-8,10,12H,4,6,9,11,13,18H2,1H3. The number of benzene rings is 1. The summed E-state index contributed by atoms with van der Waals surface area (Å²) >= 11 is 0. The Hall–Kier alpha value is -1.58. The summed E-state index contributed by atoms with van der Waals surface area (Å²) in [5, 5.41) is 0. The third-order valence-corrected chi connectivity index (χ3v) is 4.62. The summed E-state index contributed by atoms with van der Waals surface area (Å²) in [5.41, 5.74) is 10.2. The van der Waals surface area contributed by atoms with Crippen LogP contribution in [-0.2, 0) is 18.5 Å². The molecule has 106 valence electrons. The van der Waals surface area contributed by atoms with Crippen LogP contribution in [0.15, 0.2) is 47.3 Å². The number of likely N-dealkylation sites (N-methyl/N-ethyl adjacent to an activating group) is 1. The minimum absolute atomic E-state index is 0.0495. The summed E-state index contributed by atoms with van der Waals surface area (Å²) in [6.07, 6.45) is 7.03. The van der Waals surface area contributed by atoms with E-state index in [2.05, 4.69) is 36.2 Å². The maximum atomic E-state index is 6.22. The first-order valence-electron chi connectivity index (χ1n) is 7.27. The second kappa shape index (κ2) is 5.43. The van der Waals surface area contributed by atoms with Crippen molar-refractivity contribution in [1.82, 2.24) is 4.90 Å². The molecule has 1 aromatic carbocycles. The lowest BCUT2D eigenvalue weighted by atomic mass is 9.75. The molecule has 1 aliphatic rings. The first-order valence-corrected chi connectivity index (χ1v) is 7.27. The monoisotopic (exact) mass is 270 g/mol. The number of rotatable bonds is 4. The first kappa shape index (κ1) is 13.4. The molecule has 0 bridgehead atoms. The SMILES string of the molecule is CN(Cc1ccoc1)C1(CN)CCCc2ccccc21. The summed E-state index contributed by atoms with van der Waals surface area (Å²) in [7, 11) is 2.17. The minimum Gasteiger partial charge on any atom is -0.472 e. The van der Waals surface area contributed by atoms with Gasteiger partial charge in [0.15, 0.2) is 0 Å². The Morgan fingerprint density at radius 2 is 2.15 bits per heavy atom. The Labute approximate surface area is 120 Å². The molecule has 1 aromatic heterocycles. The number of furan rings is 1. The fraction of sp³-hybridized carbons (Fsp3) is 0.412. The van der Waals surface area contributed by atoms with E-state index in [1.54, 1.807) is 6.26 Å². The highest BCUT2D eigenvalue weighted by Crippen LogP contribution is 2.39. The molecular weight excluding hydrogens is 248 g/mol. The van der Waals surface area contributed by atoms with Crippen molar-refractivity contribution in [1.29, 1.82) is 0 Å². The molecule has 3 heteroatoms. The van der Waals surface area contributed by atoms with Crippen molar-refractivity contribution in [2.75, 3.05) is 13.6 Å². The second-order valence-corrected chi connectivity index (χ2v) is 5.73. The van der Waals surface area contributed by atoms with Gasteiger partial charge in [-0.1, -0.05) is 24.3 Å². The van der Waals surface area contributed by atoms with Crippen LogP contribution in [0.4, 0.5) is 0 Å². The van der Waals surface area contributed by atoms with Crippen molar-refractivity contribution >= 4 is 0 Å². The molecule has 0 aliphatic heterocycles.